The molecule has 0 radical (unpaired) electrons. The number of nitrogens with two attached hydrogens (primary N) is 1. The van der Waals surface area contributed by atoms with E-state index in [1.54, 1.807) is 0 Å². The van der Waals surface area contributed by atoms with Gasteiger partial charge in [0.05, 0.1) is 6.61 Å². The summed E-state index contributed by atoms with van der Waals surface area (Å²) in [5.74, 6) is 0. The lowest BCUT2D eigenvalue weighted by Crippen LogP contribution is -2.31. The third-order valence-corrected chi connectivity index (χ3v) is 4.74. The molecule has 126 valence electrons. The fourth-order valence-electron chi connectivity index (χ4n) is 3.30. The molecule has 1 unspecified atom stereocenters. The van der Waals surface area contributed by atoms with Crippen molar-refractivity contribution in [1.82, 2.24) is 4.90 Å². The topological polar surface area (TPSA) is 62.3 Å². The number of nitrogens with zero attached hydrogens (tertiary/aromatic N) is 2. The highest BCUT2D eigenvalue weighted by atomic mass is 16.5. The van der Waals surface area contributed by atoms with E-state index in [0.717, 1.165) is 38.0 Å². The van der Waals surface area contributed by atoms with Gasteiger partial charge in [0, 0.05) is 25.6 Å². The van der Waals surface area contributed by atoms with Crippen molar-refractivity contribution in [2.75, 3.05) is 26.2 Å². The number of hydrogen-bond acceptors (Lipinski definition) is 4. The largest absolute Gasteiger partial charge is 0.356 e. The molecular formula is C20H25N3O. The summed E-state index contributed by atoms with van der Waals surface area (Å²) in [6, 6.07) is 12.9. The summed E-state index contributed by atoms with van der Waals surface area (Å²) >= 11 is 0. The number of nitriles is 1. The summed E-state index contributed by atoms with van der Waals surface area (Å²) in [6.07, 6.45) is 8.61. The molecule has 4 heteroatoms. The molecule has 0 aromatic heterocycles. The average Bonchev–Trinajstić information content (AvgIpc) is 3.05. The van der Waals surface area contributed by atoms with Crippen LogP contribution < -0.4 is 5.73 Å². The number of allylic oxidation sites excluding steroid dienone is 2. The van der Waals surface area contributed by atoms with Crippen molar-refractivity contribution >= 4 is 5.57 Å². The summed E-state index contributed by atoms with van der Waals surface area (Å²) in [5.41, 5.74) is 7.42. The number of ether oxygens (including phenoxy) is 1. The van der Waals surface area contributed by atoms with Crippen LogP contribution in [0.25, 0.3) is 5.57 Å². The predicted molar refractivity (Wildman–Crippen MR) is 96.1 cm³/mol. The molecule has 1 aliphatic heterocycles. The Morgan fingerprint density at radius 3 is 2.79 bits per heavy atom. The molecule has 4 nitrogen and oxygen atoms in total. The fourth-order valence-corrected chi connectivity index (χ4v) is 3.30. The van der Waals surface area contributed by atoms with E-state index in [-0.39, 0.29) is 0 Å². The Morgan fingerprint density at radius 1 is 1.33 bits per heavy atom. The Hall–Kier alpha value is -1.93. The van der Waals surface area contributed by atoms with E-state index in [1.165, 1.54) is 5.56 Å². The van der Waals surface area contributed by atoms with Crippen LogP contribution in [0.5, 0.6) is 0 Å². The van der Waals surface area contributed by atoms with Crippen molar-refractivity contribution in [3.63, 3.8) is 0 Å². The van der Waals surface area contributed by atoms with Gasteiger partial charge in [0.1, 0.15) is 6.07 Å². The monoisotopic (exact) mass is 323 g/mol. The third-order valence-electron chi connectivity index (χ3n) is 4.74. The van der Waals surface area contributed by atoms with Crippen LogP contribution in [-0.2, 0) is 4.74 Å². The van der Waals surface area contributed by atoms with Crippen LogP contribution in [0.4, 0.5) is 0 Å². The summed E-state index contributed by atoms with van der Waals surface area (Å²) in [6.45, 7) is 3.64. The maximum atomic E-state index is 9.56. The SMILES string of the molecule is N#CC1(OCCCN2CC[C@@H](N)C2)C=CC(c2ccccc2)=CC1. The highest BCUT2D eigenvalue weighted by molar-refractivity contribution is 5.75. The average molecular weight is 323 g/mol. The van der Waals surface area contributed by atoms with Gasteiger partial charge in [-0.1, -0.05) is 42.5 Å². The first-order valence-electron chi connectivity index (χ1n) is 8.69. The molecule has 0 amide bonds. The lowest BCUT2D eigenvalue weighted by Gasteiger charge is -2.26. The molecule has 0 spiro atoms. The molecule has 0 bridgehead atoms. The van der Waals surface area contributed by atoms with Gasteiger partial charge >= 0.3 is 0 Å². The van der Waals surface area contributed by atoms with Crippen LogP contribution in [-0.4, -0.2) is 42.8 Å². The van der Waals surface area contributed by atoms with Crippen LogP contribution in [0.1, 0.15) is 24.8 Å². The molecule has 3 rings (SSSR count). The van der Waals surface area contributed by atoms with Crippen molar-refractivity contribution in [2.45, 2.75) is 30.9 Å². The van der Waals surface area contributed by atoms with Gasteiger partial charge in [0.2, 0.25) is 0 Å². The van der Waals surface area contributed by atoms with Gasteiger partial charge in [-0.2, -0.15) is 5.26 Å². The second kappa shape index (κ2) is 7.76. The smallest absolute Gasteiger partial charge is 0.176 e. The van der Waals surface area contributed by atoms with Gasteiger partial charge < -0.3 is 15.4 Å². The molecule has 1 saturated heterocycles. The molecule has 1 aliphatic carbocycles. The van der Waals surface area contributed by atoms with Crippen molar-refractivity contribution in [3.8, 4) is 6.07 Å². The van der Waals surface area contributed by atoms with Gasteiger partial charge in [0.25, 0.3) is 0 Å². The quantitative estimate of drug-likeness (QED) is 0.818. The second-order valence-electron chi connectivity index (χ2n) is 6.62. The van der Waals surface area contributed by atoms with Gasteiger partial charge in [-0.25, -0.2) is 0 Å². The molecule has 24 heavy (non-hydrogen) atoms. The molecule has 1 heterocycles. The van der Waals surface area contributed by atoms with E-state index in [2.05, 4.69) is 29.2 Å². The summed E-state index contributed by atoms with van der Waals surface area (Å²) in [5, 5.41) is 9.56. The lowest BCUT2D eigenvalue weighted by molar-refractivity contribution is 0.0300. The molecule has 1 fully saturated rings. The Kier molecular flexibility index (Phi) is 5.47. The number of likely N-dealkylation sites (tertiary alicyclic amines) is 1. The predicted octanol–water partition coefficient (Wildman–Crippen LogP) is 2.73. The first-order chi connectivity index (χ1) is 11.7. The maximum absolute atomic E-state index is 9.56. The van der Waals surface area contributed by atoms with Crippen molar-refractivity contribution in [2.24, 2.45) is 5.73 Å². The third kappa shape index (κ3) is 4.12. The van der Waals surface area contributed by atoms with Crippen molar-refractivity contribution in [3.05, 3.63) is 54.1 Å². The minimum atomic E-state index is -0.820. The standard InChI is InChI=1S/C20H25N3O/c21-16-20(24-14-4-12-23-13-9-19(22)15-23)10-7-18(8-11-20)17-5-2-1-3-6-17/h1-3,5-8,10,19H,4,9,11-15,22H2/t19-,20?/m1/s1. The second-order valence-corrected chi connectivity index (χ2v) is 6.62. The van der Waals surface area contributed by atoms with Gasteiger partial charge in [0.15, 0.2) is 5.60 Å². The number of rotatable bonds is 6. The molecule has 1 aromatic rings. The van der Waals surface area contributed by atoms with Crippen LogP contribution in [0.15, 0.2) is 48.6 Å². The van der Waals surface area contributed by atoms with E-state index in [1.807, 2.05) is 30.4 Å². The van der Waals surface area contributed by atoms with Gasteiger partial charge in [-0.3, -0.25) is 0 Å². The van der Waals surface area contributed by atoms with Crippen LogP contribution in [0, 0.1) is 11.3 Å². The van der Waals surface area contributed by atoms with Crippen molar-refractivity contribution < 1.29 is 4.74 Å². The van der Waals surface area contributed by atoms with E-state index in [9.17, 15) is 5.26 Å². The van der Waals surface area contributed by atoms with E-state index in [4.69, 9.17) is 10.5 Å². The zero-order chi connectivity index (χ0) is 16.8. The molecular weight excluding hydrogens is 298 g/mol. The van der Waals surface area contributed by atoms with E-state index < -0.39 is 5.60 Å². The zero-order valence-corrected chi connectivity index (χ0v) is 14.0. The van der Waals surface area contributed by atoms with Crippen molar-refractivity contribution in [1.29, 1.82) is 5.26 Å². The van der Waals surface area contributed by atoms with E-state index in [0.29, 0.717) is 19.1 Å². The molecule has 2 N–H and O–H groups in total. The molecule has 0 saturated carbocycles. The number of hydrogen-bond donors (Lipinski definition) is 1. The number of benzene rings is 1. The summed E-state index contributed by atoms with van der Waals surface area (Å²) < 4.78 is 5.94. The van der Waals surface area contributed by atoms with Gasteiger partial charge in [-0.05, 0) is 36.6 Å². The normalized spacial score (nSPS) is 27.0. The Labute approximate surface area is 144 Å². The van der Waals surface area contributed by atoms with Crippen LogP contribution in [0.3, 0.4) is 0 Å². The van der Waals surface area contributed by atoms with E-state index >= 15 is 0 Å². The van der Waals surface area contributed by atoms with Gasteiger partial charge in [-0.15, -0.1) is 0 Å². The molecule has 2 atom stereocenters. The first-order valence-corrected chi connectivity index (χ1v) is 8.69. The first kappa shape index (κ1) is 16.9. The minimum Gasteiger partial charge on any atom is -0.356 e. The summed E-state index contributed by atoms with van der Waals surface area (Å²) in [7, 11) is 0. The lowest BCUT2D eigenvalue weighted by atomic mass is 9.90. The summed E-state index contributed by atoms with van der Waals surface area (Å²) in [4.78, 5) is 2.37. The van der Waals surface area contributed by atoms with Crippen LogP contribution >= 0.6 is 0 Å². The molecule has 2 aliphatic rings. The molecule has 1 aromatic carbocycles. The van der Waals surface area contributed by atoms with Crippen LogP contribution in [0.2, 0.25) is 0 Å². The highest BCUT2D eigenvalue weighted by Gasteiger charge is 2.29. The Bertz CT molecular complexity index is 647. The Balaban J connectivity index is 1.49. The maximum Gasteiger partial charge on any atom is 0.176 e. The Morgan fingerprint density at radius 2 is 2.17 bits per heavy atom. The minimum absolute atomic E-state index is 0.319. The highest BCUT2D eigenvalue weighted by Crippen LogP contribution is 2.29. The zero-order valence-electron chi connectivity index (χ0n) is 14.0. The fraction of sp³-hybridized carbons (Fsp3) is 0.450.